The maximum absolute atomic E-state index is 12.2. The van der Waals surface area contributed by atoms with E-state index < -0.39 is 4.92 Å². The fraction of sp³-hybridized carbons (Fsp3) is 0.200. The summed E-state index contributed by atoms with van der Waals surface area (Å²) in [5, 5.41) is 14.1. The van der Waals surface area contributed by atoms with Crippen LogP contribution in [0, 0.1) is 10.1 Å². The molecule has 144 valence electrons. The van der Waals surface area contributed by atoms with Gasteiger partial charge < -0.3 is 10.2 Å². The van der Waals surface area contributed by atoms with Gasteiger partial charge in [0.2, 0.25) is 0 Å². The second-order valence-electron chi connectivity index (χ2n) is 5.99. The van der Waals surface area contributed by atoms with Crippen LogP contribution in [0.1, 0.15) is 19.4 Å². The van der Waals surface area contributed by atoms with Crippen molar-refractivity contribution in [2.75, 3.05) is 18.0 Å². The standard InChI is InChI=1S/C20H20N4O3S/c1-3-23(4-2)15-11-9-14(10-12-15)13-18-19(25)22-20(28-18)21-16-7-5-6-8-17(16)24(26)27/h5-13H,3-4H2,1-2H3,(H,21,22,25)/b18-13-. The molecule has 1 aliphatic heterocycles. The van der Waals surface area contributed by atoms with E-state index >= 15 is 0 Å². The number of hydrogen-bond donors (Lipinski definition) is 1. The van der Waals surface area contributed by atoms with E-state index in [9.17, 15) is 14.9 Å². The molecule has 0 aliphatic carbocycles. The summed E-state index contributed by atoms with van der Waals surface area (Å²) in [4.78, 5) is 29.8. The van der Waals surface area contributed by atoms with Crippen LogP contribution in [0.15, 0.2) is 58.4 Å². The van der Waals surface area contributed by atoms with Crippen molar-refractivity contribution >= 4 is 46.0 Å². The van der Waals surface area contributed by atoms with E-state index in [4.69, 9.17) is 0 Å². The van der Waals surface area contributed by atoms with Crippen molar-refractivity contribution in [2.24, 2.45) is 4.99 Å². The summed E-state index contributed by atoms with van der Waals surface area (Å²) in [5.74, 6) is -0.268. The molecule has 1 aliphatic rings. The quantitative estimate of drug-likeness (QED) is 0.446. The molecule has 1 amide bonds. The molecule has 0 bridgehead atoms. The van der Waals surface area contributed by atoms with Gasteiger partial charge in [0.25, 0.3) is 11.6 Å². The molecule has 1 fully saturated rings. The Morgan fingerprint density at radius 3 is 2.46 bits per heavy atom. The number of nitrogens with zero attached hydrogens (tertiary/aromatic N) is 3. The van der Waals surface area contributed by atoms with Crippen molar-refractivity contribution in [3.63, 3.8) is 0 Å². The molecule has 1 saturated heterocycles. The van der Waals surface area contributed by atoms with Crippen molar-refractivity contribution in [2.45, 2.75) is 13.8 Å². The summed E-state index contributed by atoms with van der Waals surface area (Å²) >= 11 is 1.17. The molecule has 2 aromatic rings. The van der Waals surface area contributed by atoms with Crippen LogP contribution in [0.4, 0.5) is 17.1 Å². The van der Waals surface area contributed by atoms with Crippen molar-refractivity contribution in [3.8, 4) is 0 Å². The molecular weight excluding hydrogens is 376 g/mol. The predicted octanol–water partition coefficient (Wildman–Crippen LogP) is 4.33. The normalized spacial score (nSPS) is 16.4. The van der Waals surface area contributed by atoms with E-state index in [1.165, 1.54) is 17.8 Å². The molecule has 0 aromatic heterocycles. The third-order valence-corrected chi connectivity index (χ3v) is 5.18. The van der Waals surface area contributed by atoms with E-state index in [2.05, 4.69) is 29.1 Å². The van der Waals surface area contributed by atoms with Crippen LogP contribution in [-0.2, 0) is 4.79 Å². The van der Waals surface area contributed by atoms with E-state index in [1.54, 1.807) is 24.3 Å². The maximum Gasteiger partial charge on any atom is 0.294 e. The molecule has 0 atom stereocenters. The first-order chi connectivity index (χ1) is 13.5. The number of nitro benzene ring substituents is 1. The number of amides is 1. The number of anilines is 1. The average Bonchev–Trinajstić information content (AvgIpc) is 3.03. The lowest BCUT2D eigenvalue weighted by Crippen LogP contribution is -2.21. The Morgan fingerprint density at radius 2 is 1.82 bits per heavy atom. The van der Waals surface area contributed by atoms with Gasteiger partial charge in [-0.2, -0.15) is 0 Å². The zero-order valence-electron chi connectivity index (χ0n) is 15.6. The lowest BCUT2D eigenvalue weighted by Gasteiger charge is -2.20. The number of amidine groups is 1. The summed E-state index contributed by atoms with van der Waals surface area (Å²) < 4.78 is 0. The molecule has 8 heteroatoms. The molecule has 7 nitrogen and oxygen atoms in total. The van der Waals surface area contributed by atoms with Gasteiger partial charge in [-0.25, -0.2) is 4.99 Å². The molecule has 0 radical (unpaired) electrons. The highest BCUT2D eigenvalue weighted by Crippen LogP contribution is 2.32. The van der Waals surface area contributed by atoms with Gasteiger partial charge in [0, 0.05) is 24.8 Å². The first-order valence-electron chi connectivity index (χ1n) is 8.89. The summed E-state index contributed by atoms with van der Waals surface area (Å²) in [6.45, 7) is 6.08. The molecule has 0 unspecified atom stereocenters. The molecule has 1 N–H and O–H groups in total. The lowest BCUT2D eigenvalue weighted by atomic mass is 10.2. The van der Waals surface area contributed by atoms with E-state index in [-0.39, 0.29) is 17.3 Å². The Bertz CT molecular complexity index is 950. The van der Waals surface area contributed by atoms with Gasteiger partial charge in [-0.15, -0.1) is 0 Å². The summed E-state index contributed by atoms with van der Waals surface area (Å²) in [5.41, 5.74) is 2.14. The van der Waals surface area contributed by atoms with Gasteiger partial charge in [0.1, 0.15) is 5.69 Å². The first kappa shape index (κ1) is 19.6. The van der Waals surface area contributed by atoms with E-state index in [1.807, 2.05) is 24.3 Å². The molecule has 1 heterocycles. The Morgan fingerprint density at radius 1 is 1.14 bits per heavy atom. The molecule has 0 saturated carbocycles. The van der Waals surface area contributed by atoms with Crippen LogP contribution in [0.3, 0.4) is 0 Å². The zero-order chi connectivity index (χ0) is 20.1. The first-order valence-corrected chi connectivity index (χ1v) is 9.71. The Labute approximate surface area is 167 Å². The number of para-hydroxylation sites is 2. The van der Waals surface area contributed by atoms with Crippen molar-refractivity contribution < 1.29 is 9.72 Å². The van der Waals surface area contributed by atoms with Crippen LogP contribution in [-0.4, -0.2) is 29.1 Å². The van der Waals surface area contributed by atoms with Crippen molar-refractivity contribution in [3.05, 3.63) is 69.1 Å². The van der Waals surface area contributed by atoms with Crippen molar-refractivity contribution in [1.29, 1.82) is 0 Å². The highest BCUT2D eigenvalue weighted by atomic mass is 32.2. The largest absolute Gasteiger partial charge is 0.372 e. The summed E-state index contributed by atoms with van der Waals surface area (Å²) in [7, 11) is 0. The highest BCUT2D eigenvalue weighted by molar-refractivity contribution is 8.18. The van der Waals surface area contributed by atoms with E-state index in [0.29, 0.717) is 10.1 Å². The minimum atomic E-state index is -0.491. The number of aliphatic imine (C=N–C) groups is 1. The third-order valence-electron chi connectivity index (χ3n) is 4.27. The topological polar surface area (TPSA) is 87.8 Å². The summed E-state index contributed by atoms with van der Waals surface area (Å²) in [6.07, 6.45) is 1.79. The fourth-order valence-electron chi connectivity index (χ4n) is 2.82. The monoisotopic (exact) mass is 396 g/mol. The fourth-order valence-corrected chi connectivity index (χ4v) is 3.66. The summed E-state index contributed by atoms with van der Waals surface area (Å²) in [6, 6.07) is 14.2. The van der Waals surface area contributed by atoms with E-state index in [0.717, 1.165) is 24.3 Å². The number of rotatable bonds is 6. The van der Waals surface area contributed by atoms with Crippen LogP contribution in [0.5, 0.6) is 0 Å². The van der Waals surface area contributed by atoms with Crippen LogP contribution in [0.25, 0.3) is 6.08 Å². The van der Waals surface area contributed by atoms with Gasteiger partial charge in [-0.3, -0.25) is 14.9 Å². The number of nitro groups is 1. The molecule has 3 rings (SSSR count). The smallest absolute Gasteiger partial charge is 0.294 e. The number of nitrogens with one attached hydrogen (secondary N) is 1. The number of thioether (sulfide) groups is 1. The minimum Gasteiger partial charge on any atom is -0.372 e. The van der Waals surface area contributed by atoms with Gasteiger partial charge in [-0.1, -0.05) is 24.3 Å². The number of hydrogen-bond acceptors (Lipinski definition) is 6. The lowest BCUT2D eigenvalue weighted by molar-refractivity contribution is -0.384. The maximum atomic E-state index is 12.2. The van der Waals surface area contributed by atoms with Crippen LogP contribution >= 0.6 is 11.8 Å². The van der Waals surface area contributed by atoms with Gasteiger partial charge in [-0.05, 0) is 55.4 Å². The predicted molar refractivity (Wildman–Crippen MR) is 114 cm³/mol. The van der Waals surface area contributed by atoms with Gasteiger partial charge in [0.15, 0.2) is 5.17 Å². The number of benzene rings is 2. The Kier molecular flexibility index (Phi) is 6.10. The second-order valence-corrected chi connectivity index (χ2v) is 7.02. The highest BCUT2D eigenvalue weighted by Gasteiger charge is 2.25. The zero-order valence-corrected chi connectivity index (χ0v) is 16.4. The van der Waals surface area contributed by atoms with Gasteiger partial charge >= 0.3 is 0 Å². The minimum absolute atomic E-state index is 0.103. The Hall–Kier alpha value is -3.13. The molecular formula is C20H20N4O3S. The molecule has 2 aromatic carbocycles. The Balaban J connectivity index is 1.80. The average molecular weight is 396 g/mol. The molecule has 0 spiro atoms. The SMILES string of the molecule is CCN(CC)c1ccc(/C=C2\SC(=Nc3ccccc3[N+](=O)[O-])NC2=O)cc1. The third kappa shape index (κ3) is 4.40. The van der Waals surface area contributed by atoms with Crippen molar-refractivity contribution in [1.82, 2.24) is 5.32 Å². The molecule has 28 heavy (non-hydrogen) atoms. The van der Waals surface area contributed by atoms with Crippen LogP contribution < -0.4 is 10.2 Å². The second kappa shape index (κ2) is 8.71. The number of carbonyl (C=O) groups is 1. The van der Waals surface area contributed by atoms with Gasteiger partial charge in [0.05, 0.1) is 9.83 Å². The number of carbonyl (C=O) groups excluding carboxylic acids is 1. The van der Waals surface area contributed by atoms with Crippen LogP contribution in [0.2, 0.25) is 0 Å².